The smallest absolute Gasteiger partial charge is 0.326 e. The Hall–Kier alpha value is -1.36. The van der Waals surface area contributed by atoms with Gasteiger partial charge in [0, 0.05) is 10.9 Å². The van der Waals surface area contributed by atoms with Crippen LogP contribution in [0.15, 0.2) is 12.1 Å². The van der Waals surface area contributed by atoms with Gasteiger partial charge in [-0.15, -0.1) is 11.3 Å². The molecular formula is C16H21NO3S. The minimum Gasteiger partial charge on any atom is -0.480 e. The van der Waals surface area contributed by atoms with Gasteiger partial charge in [0.2, 0.25) is 0 Å². The number of aliphatic carboxylic acids is 1. The van der Waals surface area contributed by atoms with Crippen LogP contribution < -0.4 is 0 Å². The second-order valence-corrected chi connectivity index (χ2v) is 7.20. The van der Waals surface area contributed by atoms with Crippen LogP contribution in [0.2, 0.25) is 0 Å². The summed E-state index contributed by atoms with van der Waals surface area (Å²) in [6.07, 6.45) is 5.80. The normalized spacial score (nSPS) is 28.4. The van der Waals surface area contributed by atoms with E-state index < -0.39 is 12.0 Å². The van der Waals surface area contributed by atoms with Crippen LogP contribution in [0.25, 0.3) is 0 Å². The number of amides is 1. The Labute approximate surface area is 128 Å². The molecule has 1 amide bonds. The van der Waals surface area contributed by atoms with Crippen molar-refractivity contribution < 1.29 is 14.7 Å². The van der Waals surface area contributed by atoms with Gasteiger partial charge in [-0.1, -0.05) is 19.8 Å². The molecule has 21 heavy (non-hydrogen) atoms. The maximum atomic E-state index is 12.8. The number of hydrogen-bond donors (Lipinski definition) is 1. The first-order valence-electron chi connectivity index (χ1n) is 7.76. The van der Waals surface area contributed by atoms with Gasteiger partial charge in [-0.3, -0.25) is 4.79 Å². The standard InChI is InChI=1S/C16H21NO3S/c1-2-11-7-8-14(21-11)15(18)17-12-6-4-3-5-10(12)9-13(17)16(19)20/h7-8,10,12-13H,2-6,9H2,1H3,(H,19,20). The first-order valence-corrected chi connectivity index (χ1v) is 8.57. The molecule has 0 spiro atoms. The molecule has 1 N–H and O–H groups in total. The first-order chi connectivity index (χ1) is 10.1. The van der Waals surface area contributed by atoms with Gasteiger partial charge >= 0.3 is 5.97 Å². The van der Waals surface area contributed by atoms with Crippen LogP contribution in [0.5, 0.6) is 0 Å². The third kappa shape index (κ3) is 2.59. The van der Waals surface area contributed by atoms with Crippen molar-refractivity contribution in [2.24, 2.45) is 5.92 Å². The molecule has 1 saturated carbocycles. The Morgan fingerprint density at radius 2 is 2.10 bits per heavy atom. The Morgan fingerprint density at radius 3 is 2.76 bits per heavy atom. The van der Waals surface area contributed by atoms with Crippen LogP contribution in [0.1, 0.15) is 53.6 Å². The Morgan fingerprint density at radius 1 is 1.33 bits per heavy atom. The molecule has 114 valence electrons. The van der Waals surface area contributed by atoms with Crippen molar-refractivity contribution in [2.75, 3.05) is 0 Å². The zero-order valence-electron chi connectivity index (χ0n) is 12.2. The minimum atomic E-state index is -0.856. The van der Waals surface area contributed by atoms with Crippen molar-refractivity contribution in [2.45, 2.75) is 57.5 Å². The molecule has 2 heterocycles. The fourth-order valence-corrected chi connectivity index (χ4v) is 4.67. The molecule has 2 aliphatic rings. The largest absolute Gasteiger partial charge is 0.480 e. The number of aryl methyl sites for hydroxylation is 1. The van der Waals surface area contributed by atoms with E-state index in [4.69, 9.17) is 0 Å². The number of carbonyl (C=O) groups excluding carboxylic acids is 1. The van der Waals surface area contributed by atoms with Gasteiger partial charge in [0.1, 0.15) is 6.04 Å². The molecule has 1 aromatic heterocycles. The lowest BCUT2D eigenvalue weighted by Crippen LogP contribution is -2.46. The SMILES string of the molecule is CCc1ccc(C(=O)N2C(C(=O)O)CC3CCCCC32)s1. The summed E-state index contributed by atoms with van der Waals surface area (Å²) in [5.74, 6) is -0.569. The fraction of sp³-hybridized carbons (Fsp3) is 0.625. The number of likely N-dealkylation sites (tertiary alicyclic amines) is 1. The van der Waals surface area contributed by atoms with E-state index in [0.717, 1.165) is 32.1 Å². The maximum absolute atomic E-state index is 12.8. The molecule has 0 radical (unpaired) electrons. The second kappa shape index (κ2) is 5.79. The summed E-state index contributed by atoms with van der Waals surface area (Å²) in [4.78, 5) is 27.9. The predicted octanol–water partition coefficient (Wildman–Crippen LogP) is 3.17. The van der Waals surface area contributed by atoms with E-state index in [1.54, 1.807) is 4.90 Å². The molecular weight excluding hydrogens is 286 g/mol. The van der Waals surface area contributed by atoms with Crippen LogP contribution in [0, 0.1) is 5.92 Å². The first kappa shape index (κ1) is 14.6. The fourth-order valence-electron chi connectivity index (χ4n) is 3.78. The molecule has 1 aliphatic heterocycles. The molecule has 2 fully saturated rings. The lowest BCUT2D eigenvalue weighted by Gasteiger charge is -2.32. The molecule has 4 nitrogen and oxygen atoms in total. The lowest BCUT2D eigenvalue weighted by molar-refractivity contribution is -0.141. The number of thiophene rings is 1. The minimum absolute atomic E-state index is 0.0819. The van der Waals surface area contributed by atoms with E-state index in [1.807, 2.05) is 12.1 Å². The summed E-state index contributed by atoms with van der Waals surface area (Å²) in [5, 5.41) is 9.49. The number of hydrogen-bond acceptors (Lipinski definition) is 3. The summed E-state index contributed by atoms with van der Waals surface area (Å²) in [6, 6.07) is 3.31. The summed E-state index contributed by atoms with van der Waals surface area (Å²) < 4.78 is 0. The van der Waals surface area contributed by atoms with Gasteiger partial charge in [0.25, 0.3) is 5.91 Å². The summed E-state index contributed by atoms with van der Waals surface area (Å²) >= 11 is 1.50. The lowest BCUT2D eigenvalue weighted by atomic mass is 9.85. The number of carboxylic acid groups (broad SMARTS) is 1. The number of carboxylic acids is 1. The monoisotopic (exact) mass is 307 g/mol. The highest BCUT2D eigenvalue weighted by Crippen LogP contribution is 2.41. The topological polar surface area (TPSA) is 57.6 Å². The van der Waals surface area contributed by atoms with Crippen molar-refractivity contribution in [1.82, 2.24) is 4.90 Å². The van der Waals surface area contributed by atoms with E-state index >= 15 is 0 Å². The van der Waals surface area contributed by atoms with Gasteiger partial charge in [0.05, 0.1) is 4.88 Å². The summed E-state index contributed by atoms with van der Waals surface area (Å²) in [5.41, 5.74) is 0. The number of carbonyl (C=O) groups is 2. The van der Waals surface area contributed by atoms with Crippen molar-refractivity contribution >= 4 is 23.2 Å². The molecule has 0 aromatic carbocycles. The van der Waals surface area contributed by atoms with Gasteiger partial charge in [0.15, 0.2) is 0 Å². The third-order valence-corrected chi connectivity index (χ3v) is 6.05. The highest BCUT2D eigenvalue weighted by Gasteiger charge is 2.47. The number of fused-ring (bicyclic) bond motifs is 1. The van der Waals surface area contributed by atoms with E-state index in [-0.39, 0.29) is 11.9 Å². The van der Waals surface area contributed by atoms with E-state index in [0.29, 0.717) is 17.2 Å². The predicted molar refractivity (Wildman–Crippen MR) is 81.7 cm³/mol. The van der Waals surface area contributed by atoms with Gasteiger partial charge in [-0.2, -0.15) is 0 Å². The maximum Gasteiger partial charge on any atom is 0.326 e. The van der Waals surface area contributed by atoms with Crippen LogP contribution >= 0.6 is 11.3 Å². The van der Waals surface area contributed by atoms with Crippen LogP contribution in [-0.2, 0) is 11.2 Å². The average molecular weight is 307 g/mol. The van der Waals surface area contributed by atoms with Gasteiger partial charge < -0.3 is 10.0 Å². The molecule has 3 rings (SSSR count). The average Bonchev–Trinajstić information content (AvgIpc) is 3.11. The summed E-state index contributed by atoms with van der Waals surface area (Å²) in [7, 11) is 0. The molecule has 1 aromatic rings. The highest BCUT2D eigenvalue weighted by molar-refractivity contribution is 7.14. The molecule has 1 saturated heterocycles. The van der Waals surface area contributed by atoms with Crippen molar-refractivity contribution in [1.29, 1.82) is 0 Å². The molecule has 3 unspecified atom stereocenters. The van der Waals surface area contributed by atoms with Crippen molar-refractivity contribution in [3.63, 3.8) is 0 Å². The molecule has 1 aliphatic carbocycles. The third-order valence-electron chi connectivity index (χ3n) is 4.83. The van der Waals surface area contributed by atoms with E-state index in [1.165, 1.54) is 16.2 Å². The zero-order valence-corrected chi connectivity index (χ0v) is 13.1. The Kier molecular flexibility index (Phi) is 4.02. The zero-order chi connectivity index (χ0) is 15.0. The number of nitrogens with zero attached hydrogens (tertiary/aromatic N) is 1. The van der Waals surface area contributed by atoms with Gasteiger partial charge in [-0.25, -0.2) is 4.79 Å². The van der Waals surface area contributed by atoms with Crippen molar-refractivity contribution in [3.05, 3.63) is 21.9 Å². The summed E-state index contributed by atoms with van der Waals surface area (Å²) in [6.45, 7) is 2.06. The van der Waals surface area contributed by atoms with Gasteiger partial charge in [-0.05, 0) is 43.7 Å². The van der Waals surface area contributed by atoms with E-state index in [9.17, 15) is 14.7 Å². The van der Waals surface area contributed by atoms with Crippen molar-refractivity contribution in [3.8, 4) is 0 Å². The molecule has 3 atom stereocenters. The van der Waals surface area contributed by atoms with Crippen LogP contribution in [-0.4, -0.2) is 34.0 Å². The quantitative estimate of drug-likeness (QED) is 0.933. The highest BCUT2D eigenvalue weighted by atomic mass is 32.1. The number of rotatable bonds is 3. The Bertz CT molecular complexity index is 553. The second-order valence-electron chi connectivity index (χ2n) is 6.03. The van der Waals surface area contributed by atoms with Crippen LogP contribution in [0.4, 0.5) is 0 Å². The Balaban J connectivity index is 1.88. The molecule has 5 heteroatoms. The van der Waals surface area contributed by atoms with E-state index in [2.05, 4.69) is 6.92 Å². The van der Waals surface area contributed by atoms with Crippen LogP contribution in [0.3, 0.4) is 0 Å². The molecule has 0 bridgehead atoms.